The van der Waals surface area contributed by atoms with Crippen LogP contribution in [0.25, 0.3) is 0 Å². The van der Waals surface area contributed by atoms with Crippen LogP contribution in [0, 0.1) is 0 Å². The Bertz CT molecular complexity index is 349. The lowest BCUT2D eigenvalue weighted by molar-refractivity contribution is -0.143. The SMILES string of the molecule is CCC(=O)N(C)CCOC(=O)/C=C/C(=O)OC(C)C. The van der Waals surface area contributed by atoms with Gasteiger partial charge in [0, 0.05) is 25.6 Å². The Labute approximate surface area is 113 Å². The molecule has 0 fully saturated rings. The van der Waals surface area contributed by atoms with Crippen molar-refractivity contribution in [2.75, 3.05) is 20.2 Å². The molecule has 0 N–H and O–H groups in total. The van der Waals surface area contributed by atoms with Crippen molar-refractivity contribution in [3.05, 3.63) is 12.2 Å². The minimum Gasteiger partial charge on any atom is -0.461 e. The zero-order valence-corrected chi connectivity index (χ0v) is 11.8. The molecule has 0 unspecified atom stereocenters. The first-order valence-corrected chi connectivity index (χ1v) is 6.16. The highest BCUT2D eigenvalue weighted by molar-refractivity contribution is 5.91. The first kappa shape index (κ1) is 17.2. The van der Waals surface area contributed by atoms with Gasteiger partial charge in [-0.05, 0) is 13.8 Å². The van der Waals surface area contributed by atoms with E-state index in [1.165, 1.54) is 4.90 Å². The maximum absolute atomic E-state index is 11.2. The van der Waals surface area contributed by atoms with Crippen LogP contribution in [-0.2, 0) is 23.9 Å². The van der Waals surface area contributed by atoms with E-state index in [1.54, 1.807) is 27.8 Å². The Morgan fingerprint density at radius 3 is 2.26 bits per heavy atom. The topological polar surface area (TPSA) is 72.9 Å². The highest BCUT2D eigenvalue weighted by atomic mass is 16.5. The Balaban J connectivity index is 3.90. The molecule has 1 amide bonds. The average molecular weight is 271 g/mol. The van der Waals surface area contributed by atoms with E-state index in [0.717, 1.165) is 12.2 Å². The third-order valence-corrected chi connectivity index (χ3v) is 2.11. The van der Waals surface area contributed by atoms with Gasteiger partial charge >= 0.3 is 11.9 Å². The average Bonchev–Trinajstić information content (AvgIpc) is 2.34. The molecular formula is C13H21NO5. The van der Waals surface area contributed by atoms with E-state index in [-0.39, 0.29) is 18.6 Å². The van der Waals surface area contributed by atoms with Gasteiger partial charge in [0.05, 0.1) is 12.6 Å². The van der Waals surface area contributed by atoms with Gasteiger partial charge in [-0.15, -0.1) is 0 Å². The summed E-state index contributed by atoms with van der Waals surface area (Å²) in [5, 5.41) is 0. The first-order chi connectivity index (χ1) is 8.86. The Hall–Kier alpha value is -1.85. The number of esters is 2. The molecule has 0 aromatic rings. The van der Waals surface area contributed by atoms with Crippen LogP contribution >= 0.6 is 0 Å². The monoisotopic (exact) mass is 271 g/mol. The molecule has 0 aliphatic carbocycles. The van der Waals surface area contributed by atoms with Gasteiger partial charge in [-0.2, -0.15) is 0 Å². The summed E-state index contributed by atoms with van der Waals surface area (Å²) in [5.41, 5.74) is 0. The van der Waals surface area contributed by atoms with Crippen molar-refractivity contribution in [1.82, 2.24) is 4.90 Å². The van der Waals surface area contributed by atoms with Gasteiger partial charge in [0.2, 0.25) is 5.91 Å². The molecule has 6 heteroatoms. The van der Waals surface area contributed by atoms with Gasteiger partial charge in [0.25, 0.3) is 0 Å². The molecule has 0 saturated heterocycles. The molecule has 0 aliphatic rings. The summed E-state index contributed by atoms with van der Waals surface area (Å²) in [6.45, 7) is 5.59. The van der Waals surface area contributed by atoms with Crippen molar-refractivity contribution in [1.29, 1.82) is 0 Å². The van der Waals surface area contributed by atoms with Crippen LogP contribution in [0.15, 0.2) is 12.2 Å². The van der Waals surface area contributed by atoms with E-state index in [4.69, 9.17) is 9.47 Å². The zero-order chi connectivity index (χ0) is 14.8. The summed E-state index contributed by atoms with van der Waals surface area (Å²) in [6, 6.07) is 0. The van der Waals surface area contributed by atoms with Crippen LogP contribution in [0.3, 0.4) is 0 Å². The quantitative estimate of drug-likeness (QED) is 0.508. The predicted octanol–water partition coefficient (Wildman–Crippen LogP) is 0.906. The fourth-order valence-electron chi connectivity index (χ4n) is 1.13. The van der Waals surface area contributed by atoms with Crippen molar-refractivity contribution in [3.8, 4) is 0 Å². The number of rotatable bonds is 7. The van der Waals surface area contributed by atoms with Crippen molar-refractivity contribution in [2.24, 2.45) is 0 Å². The summed E-state index contributed by atoms with van der Waals surface area (Å²) in [4.78, 5) is 35.0. The number of likely N-dealkylation sites (N-methyl/N-ethyl adjacent to an activating group) is 1. The van der Waals surface area contributed by atoms with E-state index in [9.17, 15) is 14.4 Å². The maximum atomic E-state index is 11.2. The van der Waals surface area contributed by atoms with Crippen LogP contribution < -0.4 is 0 Å². The normalized spacial score (nSPS) is 10.6. The molecule has 0 bridgehead atoms. The van der Waals surface area contributed by atoms with Gasteiger partial charge in [-0.25, -0.2) is 9.59 Å². The van der Waals surface area contributed by atoms with Crippen molar-refractivity contribution in [2.45, 2.75) is 33.3 Å². The molecule has 0 spiro atoms. The Kier molecular flexibility index (Phi) is 8.24. The second kappa shape index (κ2) is 9.13. The van der Waals surface area contributed by atoms with E-state index in [0.29, 0.717) is 13.0 Å². The fourth-order valence-corrected chi connectivity index (χ4v) is 1.13. The molecule has 19 heavy (non-hydrogen) atoms. The lowest BCUT2D eigenvalue weighted by Gasteiger charge is -2.15. The Morgan fingerprint density at radius 2 is 1.74 bits per heavy atom. The van der Waals surface area contributed by atoms with Crippen LogP contribution in [0.5, 0.6) is 0 Å². The van der Waals surface area contributed by atoms with Crippen LogP contribution in [0.2, 0.25) is 0 Å². The molecule has 0 rings (SSSR count). The molecule has 0 aromatic carbocycles. The van der Waals surface area contributed by atoms with Crippen LogP contribution in [-0.4, -0.2) is 49.0 Å². The molecule has 0 heterocycles. The molecule has 0 saturated carbocycles. The van der Waals surface area contributed by atoms with Gasteiger partial charge in [-0.3, -0.25) is 4.79 Å². The number of amides is 1. The third kappa shape index (κ3) is 8.82. The van der Waals surface area contributed by atoms with Crippen molar-refractivity contribution < 1.29 is 23.9 Å². The number of ether oxygens (including phenoxy) is 2. The van der Waals surface area contributed by atoms with E-state index in [1.807, 2.05) is 0 Å². The van der Waals surface area contributed by atoms with Crippen LogP contribution in [0.4, 0.5) is 0 Å². The van der Waals surface area contributed by atoms with Gasteiger partial charge < -0.3 is 14.4 Å². The number of hydrogen-bond donors (Lipinski definition) is 0. The van der Waals surface area contributed by atoms with Gasteiger partial charge in [0.15, 0.2) is 0 Å². The highest BCUT2D eigenvalue weighted by Crippen LogP contribution is 1.93. The number of carbonyl (C=O) groups is 3. The van der Waals surface area contributed by atoms with Crippen LogP contribution in [0.1, 0.15) is 27.2 Å². The van der Waals surface area contributed by atoms with Crippen molar-refractivity contribution in [3.63, 3.8) is 0 Å². The number of hydrogen-bond acceptors (Lipinski definition) is 5. The largest absolute Gasteiger partial charge is 0.461 e. The molecule has 0 radical (unpaired) electrons. The summed E-state index contributed by atoms with van der Waals surface area (Å²) < 4.78 is 9.64. The van der Waals surface area contributed by atoms with E-state index >= 15 is 0 Å². The second-order valence-electron chi connectivity index (χ2n) is 4.16. The number of nitrogens with zero attached hydrogens (tertiary/aromatic N) is 1. The second-order valence-corrected chi connectivity index (χ2v) is 4.16. The number of carbonyl (C=O) groups excluding carboxylic acids is 3. The molecule has 108 valence electrons. The lowest BCUT2D eigenvalue weighted by Crippen LogP contribution is -2.29. The predicted molar refractivity (Wildman–Crippen MR) is 69.3 cm³/mol. The standard InChI is InChI=1S/C13H21NO5/c1-5-11(15)14(4)8-9-18-12(16)6-7-13(17)19-10(2)3/h6-7,10H,5,8-9H2,1-4H3/b7-6+. The zero-order valence-electron chi connectivity index (χ0n) is 11.8. The molecule has 0 atom stereocenters. The summed E-state index contributed by atoms with van der Waals surface area (Å²) in [6.07, 6.45) is 2.20. The minimum absolute atomic E-state index is 0.0212. The molecule has 0 aliphatic heterocycles. The first-order valence-electron chi connectivity index (χ1n) is 6.16. The van der Waals surface area contributed by atoms with Gasteiger partial charge in [0.1, 0.15) is 6.61 Å². The fraction of sp³-hybridized carbons (Fsp3) is 0.615. The molecule has 0 aromatic heterocycles. The van der Waals surface area contributed by atoms with Gasteiger partial charge in [-0.1, -0.05) is 6.92 Å². The van der Waals surface area contributed by atoms with Crippen molar-refractivity contribution >= 4 is 17.8 Å². The highest BCUT2D eigenvalue weighted by Gasteiger charge is 2.07. The Morgan fingerprint density at radius 1 is 1.16 bits per heavy atom. The minimum atomic E-state index is -0.641. The van der Waals surface area contributed by atoms with E-state index < -0.39 is 11.9 Å². The molecular weight excluding hydrogens is 250 g/mol. The smallest absolute Gasteiger partial charge is 0.331 e. The maximum Gasteiger partial charge on any atom is 0.331 e. The third-order valence-electron chi connectivity index (χ3n) is 2.11. The summed E-state index contributed by atoms with van der Waals surface area (Å²) >= 11 is 0. The lowest BCUT2D eigenvalue weighted by atomic mass is 10.4. The molecule has 6 nitrogen and oxygen atoms in total. The summed E-state index contributed by atoms with van der Waals surface area (Å²) in [7, 11) is 1.63. The summed E-state index contributed by atoms with van der Waals surface area (Å²) in [5.74, 6) is -1.25. The van der Waals surface area contributed by atoms with E-state index in [2.05, 4.69) is 0 Å².